The Morgan fingerprint density at radius 3 is 2.29 bits per heavy atom. The van der Waals surface area contributed by atoms with Crippen molar-refractivity contribution in [1.82, 2.24) is 0 Å². The summed E-state index contributed by atoms with van der Waals surface area (Å²) < 4.78 is 11.9. The van der Waals surface area contributed by atoms with Crippen LogP contribution in [0.2, 0.25) is 19.6 Å². The van der Waals surface area contributed by atoms with Gasteiger partial charge in [-0.1, -0.05) is 25.1 Å². The van der Waals surface area contributed by atoms with E-state index in [1.165, 1.54) is 5.56 Å². The molecule has 2 rings (SSSR count). The minimum absolute atomic E-state index is 0.0862. The van der Waals surface area contributed by atoms with Gasteiger partial charge in [-0.3, -0.25) is 0 Å². The average Bonchev–Trinajstić information content (AvgIpc) is 2.87. The molecule has 1 aromatic carbocycles. The summed E-state index contributed by atoms with van der Waals surface area (Å²) in [4.78, 5) is 0. The van der Waals surface area contributed by atoms with Crippen LogP contribution < -0.4 is 4.74 Å². The number of para-hydroxylation sites is 1. The number of ether oxygens (including phenoxy) is 1. The average molecular weight is 250 g/mol. The first-order valence-corrected chi connectivity index (χ1v) is 9.63. The molecule has 0 amide bonds. The van der Waals surface area contributed by atoms with Crippen LogP contribution in [0.4, 0.5) is 0 Å². The van der Waals surface area contributed by atoms with Crippen LogP contribution in [-0.4, -0.2) is 15.4 Å². The van der Waals surface area contributed by atoms with Gasteiger partial charge in [0, 0.05) is 5.56 Å². The van der Waals surface area contributed by atoms with Crippen LogP contribution in [0, 0.1) is 5.92 Å². The fourth-order valence-electron chi connectivity index (χ4n) is 2.51. The van der Waals surface area contributed by atoms with E-state index in [0.29, 0.717) is 5.92 Å². The lowest BCUT2D eigenvalue weighted by atomic mass is 10.0. The van der Waals surface area contributed by atoms with E-state index in [0.717, 1.165) is 12.2 Å². The molecule has 2 nitrogen and oxygen atoms in total. The summed E-state index contributed by atoms with van der Waals surface area (Å²) in [7, 11) is 0.184. The van der Waals surface area contributed by atoms with Crippen LogP contribution in [0.1, 0.15) is 18.9 Å². The van der Waals surface area contributed by atoms with Gasteiger partial charge >= 0.3 is 0 Å². The third-order valence-electron chi connectivity index (χ3n) is 3.30. The molecular formula is C14H22O2Si. The minimum Gasteiger partial charge on any atom is -0.496 e. The Labute approximate surface area is 105 Å². The summed E-state index contributed by atoms with van der Waals surface area (Å²) in [5, 5.41) is 0. The first kappa shape index (κ1) is 12.6. The second kappa shape index (κ2) is 4.14. The lowest BCUT2D eigenvalue weighted by Gasteiger charge is -2.28. The van der Waals surface area contributed by atoms with Crippen molar-refractivity contribution in [3.8, 4) is 5.75 Å². The van der Waals surface area contributed by atoms with Gasteiger partial charge in [-0.05, 0) is 38.0 Å². The standard InChI is InChI=1S/C14H22O2Si/c1-11-10-14(11,16-17(3,4)5)12-8-6-7-9-13(12)15-2/h6-9,11H,10H2,1-5H3. The Morgan fingerprint density at radius 1 is 1.24 bits per heavy atom. The maximum Gasteiger partial charge on any atom is 0.184 e. The van der Waals surface area contributed by atoms with Gasteiger partial charge in [0.05, 0.1) is 12.7 Å². The number of hydrogen-bond acceptors (Lipinski definition) is 2. The second-order valence-corrected chi connectivity index (χ2v) is 10.3. The van der Waals surface area contributed by atoms with E-state index in [-0.39, 0.29) is 5.60 Å². The Bertz CT molecular complexity index is 411. The molecule has 0 aromatic heterocycles. The highest BCUT2D eigenvalue weighted by Gasteiger charge is 2.56. The quantitative estimate of drug-likeness (QED) is 0.757. The van der Waals surface area contributed by atoms with Gasteiger partial charge in [-0.2, -0.15) is 0 Å². The molecule has 0 spiro atoms. The van der Waals surface area contributed by atoms with Crippen molar-refractivity contribution < 1.29 is 9.16 Å². The molecule has 1 aromatic rings. The van der Waals surface area contributed by atoms with Gasteiger partial charge in [-0.15, -0.1) is 0 Å². The molecule has 0 N–H and O–H groups in total. The first-order valence-electron chi connectivity index (χ1n) is 6.23. The highest BCUT2D eigenvalue weighted by atomic mass is 28.4. The summed E-state index contributed by atoms with van der Waals surface area (Å²) in [5.41, 5.74) is 1.13. The predicted molar refractivity (Wildman–Crippen MR) is 72.9 cm³/mol. The van der Waals surface area contributed by atoms with E-state index in [4.69, 9.17) is 9.16 Å². The number of methoxy groups -OCH3 is 1. The molecule has 1 aliphatic carbocycles. The Balaban J connectivity index is 2.36. The zero-order valence-corrected chi connectivity index (χ0v) is 12.4. The first-order chi connectivity index (χ1) is 7.89. The van der Waals surface area contributed by atoms with Crippen molar-refractivity contribution in [3.63, 3.8) is 0 Å². The number of rotatable bonds is 4. The van der Waals surface area contributed by atoms with Crippen molar-refractivity contribution in [3.05, 3.63) is 29.8 Å². The molecule has 2 unspecified atom stereocenters. The van der Waals surface area contributed by atoms with Crippen LogP contribution in [0.25, 0.3) is 0 Å². The van der Waals surface area contributed by atoms with E-state index in [1.54, 1.807) is 7.11 Å². The predicted octanol–water partition coefficient (Wildman–Crippen LogP) is 3.78. The number of hydrogen-bond donors (Lipinski definition) is 0. The lowest BCUT2D eigenvalue weighted by Crippen LogP contribution is -2.33. The highest BCUT2D eigenvalue weighted by molar-refractivity contribution is 6.69. The lowest BCUT2D eigenvalue weighted by molar-refractivity contribution is 0.151. The van der Waals surface area contributed by atoms with Crippen molar-refractivity contribution in [2.75, 3.05) is 7.11 Å². The zero-order valence-electron chi connectivity index (χ0n) is 11.4. The molecule has 94 valence electrons. The second-order valence-electron chi connectivity index (χ2n) is 5.91. The summed E-state index contributed by atoms with van der Waals surface area (Å²) >= 11 is 0. The van der Waals surface area contributed by atoms with Crippen molar-refractivity contribution >= 4 is 8.32 Å². The maximum absolute atomic E-state index is 6.44. The molecule has 0 radical (unpaired) electrons. The SMILES string of the molecule is COc1ccccc1C1(O[Si](C)(C)C)CC1C. The molecule has 0 saturated heterocycles. The molecule has 2 atom stereocenters. The third kappa shape index (κ3) is 2.40. The van der Waals surface area contributed by atoms with Gasteiger partial charge < -0.3 is 9.16 Å². The molecule has 3 heteroatoms. The van der Waals surface area contributed by atoms with Crippen LogP contribution in [0.3, 0.4) is 0 Å². The smallest absolute Gasteiger partial charge is 0.184 e. The largest absolute Gasteiger partial charge is 0.496 e. The van der Waals surface area contributed by atoms with Gasteiger partial charge in [-0.25, -0.2) is 0 Å². The maximum atomic E-state index is 6.44. The van der Waals surface area contributed by atoms with E-state index in [9.17, 15) is 0 Å². The Hall–Kier alpha value is -0.803. The van der Waals surface area contributed by atoms with E-state index >= 15 is 0 Å². The fraction of sp³-hybridized carbons (Fsp3) is 0.571. The van der Waals surface area contributed by atoms with Gasteiger partial charge in [0.1, 0.15) is 5.75 Å². The van der Waals surface area contributed by atoms with E-state index in [2.05, 4.69) is 38.7 Å². The Morgan fingerprint density at radius 2 is 1.82 bits per heavy atom. The van der Waals surface area contributed by atoms with Crippen molar-refractivity contribution in [1.29, 1.82) is 0 Å². The van der Waals surface area contributed by atoms with Crippen LogP contribution in [-0.2, 0) is 10.0 Å². The Kier molecular flexibility index (Phi) is 3.08. The normalized spacial score (nSPS) is 27.9. The summed E-state index contributed by atoms with van der Waals surface area (Å²) in [5.74, 6) is 1.54. The summed E-state index contributed by atoms with van der Waals surface area (Å²) in [6, 6.07) is 8.24. The molecular weight excluding hydrogens is 228 g/mol. The molecule has 17 heavy (non-hydrogen) atoms. The van der Waals surface area contributed by atoms with Gasteiger partial charge in [0.15, 0.2) is 8.32 Å². The van der Waals surface area contributed by atoms with E-state index < -0.39 is 8.32 Å². The molecule has 0 aliphatic heterocycles. The zero-order chi connectivity index (χ0) is 12.7. The van der Waals surface area contributed by atoms with Crippen molar-refractivity contribution in [2.24, 2.45) is 5.92 Å². The van der Waals surface area contributed by atoms with Crippen LogP contribution in [0.5, 0.6) is 5.75 Å². The van der Waals surface area contributed by atoms with Gasteiger partial charge in [0.2, 0.25) is 0 Å². The fourth-order valence-corrected chi connectivity index (χ4v) is 4.00. The molecule has 1 fully saturated rings. The topological polar surface area (TPSA) is 18.5 Å². The molecule has 1 aliphatic rings. The molecule has 1 saturated carbocycles. The van der Waals surface area contributed by atoms with Crippen LogP contribution >= 0.6 is 0 Å². The monoisotopic (exact) mass is 250 g/mol. The summed E-state index contributed by atoms with van der Waals surface area (Å²) in [6.07, 6.45) is 1.11. The molecule has 0 heterocycles. The number of benzene rings is 1. The van der Waals surface area contributed by atoms with Crippen molar-refractivity contribution in [2.45, 2.75) is 38.6 Å². The minimum atomic E-state index is -1.55. The molecule has 0 bridgehead atoms. The third-order valence-corrected chi connectivity index (χ3v) is 4.27. The van der Waals surface area contributed by atoms with Gasteiger partial charge in [0.25, 0.3) is 0 Å². The summed E-state index contributed by atoms with van der Waals surface area (Å²) in [6.45, 7) is 8.99. The van der Waals surface area contributed by atoms with E-state index in [1.807, 2.05) is 12.1 Å². The highest BCUT2D eigenvalue weighted by Crippen LogP contribution is 2.58. The van der Waals surface area contributed by atoms with Crippen LogP contribution in [0.15, 0.2) is 24.3 Å².